The van der Waals surface area contributed by atoms with Gasteiger partial charge in [0.1, 0.15) is 11.9 Å². The Morgan fingerprint density at radius 1 is 1.15 bits per heavy atom. The molecule has 3 rings (SSSR count). The van der Waals surface area contributed by atoms with Gasteiger partial charge in [0.2, 0.25) is 0 Å². The third-order valence-electron chi connectivity index (χ3n) is 3.44. The third-order valence-corrected chi connectivity index (χ3v) is 4.29. The average molecular weight is 390 g/mol. The lowest BCUT2D eigenvalue weighted by Gasteiger charge is -2.08. The zero-order chi connectivity index (χ0) is 19.4. The van der Waals surface area contributed by atoms with Gasteiger partial charge in [0.25, 0.3) is 0 Å². The van der Waals surface area contributed by atoms with E-state index in [-0.39, 0.29) is 22.2 Å². The zero-order valence-corrected chi connectivity index (χ0v) is 14.3. The molecule has 0 radical (unpaired) electrons. The van der Waals surface area contributed by atoms with Crippen molar-refractivity contribution in [3.05, 3.63) is 70.3 Å². The minimum absolute atomic E-state index is 0.0780. The van der Waals surface area contributed by atoms with Crippen LogP contribution in [0.3, 0.4) is 0 Å². The molecule has 0 saturated carbocycles. The molecule has 0 fully saturated rings. The first-order valence-electron chi connectivity index (χ1n) is 7.50. The highest BCUT2D eigenvalue weighted by atomic mass is 32.1. The summed E-state index contributed by atoms with van der Waals surface area (Å²) in [6.07, 6.45) is -4.47. The maximum atomic E-state index is 13.0. The van der Waals surface area contributed by atoms with Crippen molar-refractivity contribution in [2.24, 2.45) is 5.10 Å². The van der Waals surface area contributed by atoms with Crippen LogP contribution in [0.4, 0.5) is 23.2 Å². The number of nitrogens with one attached hydrogen (secondary N) is 1. The summed E-state index contributed by atoms with van der Waals surface area (Å²) in [4.78, 5) is 4.27. The molecule has 2 aromatic carbocycles. The Kier molecular flexibility index (Phi) is 5.19. The molecule has 0 atom stereocenters. The molecule has 1 heterocycles. The first kappa shape index (κ1) is 18.5. The van der Waals surface area contributed by atoms with Crippen molar-refractivity contribution in [1.29, 1.82) is 5.26 Å². The minimum atomic E-state index is -4.47. The highest BCUT2D eigenvalue weighted by Crippen LogP contribution is 2.30. The molecule has 0 bridgehead atoms. The molecule has 1 N–H and O–H groups in total. The van der Waals surface area contributed by atoms with E-state index in [9.17, 15) is 22.8 Å². The second kappa shape index (κ2) is 7.55. The largest absolute Gasteiger partial charge is 0.416 e. The Bertz CT molecular complexity index is 1020. The Morgan fingerprint density at radius 2 is 1.89 bits per heavy atom. The quantitative estimate of drug-likeness (QED) is 0.373. The number of thiazole rings is 1. The number of hydrogen-bond acceptors (Lipinski definition) is 5. The molecule has 3 aromatic rings. The first-order chi connectivity index (χ1) is 12.9. The molecule has 4 nitrogen and oxygen atoms in total. The first-order valence-corrected chi connectivity index (χ1v) is 8.37. The number of anilines is 1. The van der Waals surface area contributed by atoms with Crippen LogP contribution in [0.25, 0.3) is 11.3 Å². The number of nitriles is 1. The second-order valence-electron chi connectivity index (χ2n) is 5.31. The van der Waals surface area contributed by atoms with Crippen molar-refractivity contribution >= 4 is 22.7 Å². The van der Waals surface area contributed by atoms with Crippen molar-refractivity contribution in [2.75, 3.05) is 5.43 Å². The van der Waals surface area contributed by atoms with Gasteiger partial charge in [0, 0.05) is 10.9 Å². The van der Waals surface area contributed by atoms with Gasteiger partial charge in [0.15, 0.2) is 10.7 Å². The van der Waals surface area contributed by atoms with Crippen LogP contribution in [0, 0.1) is 17.1 Å². The lowest BCUT2D eigenvalue weighted by Crippen LogP contribution is -2.06. The predicted octanol–water partition coefficient (Wildman–Crippen LogP) is 5.31. The van der Waals surface area contributed by atoms with Gasteiger partial charge in [-0.25, -0.2) is 9.37 Å². The van der Waals surface area contributed by atoms with E-state index in [1.54, 1.807) is 17.5 Å². The van der Waals surface area contributed by atoms with Gasteiger partial charge in [-0.3, -0.25) is 5.43 Å². The molecular formula is C18H10F4N4S. The fourth-order valence-electron chi connectivity index (χ4n) is 2.14. The maximum absolute atomic E-state index is 13.0. The van der Waals surface area contributed by atoms with E-state index >= 15 is 0 Å². The molecule has 1 aromatic heterocycles. The predicted molar refractivity (Wildman–Crippen MR) is 94.7 cm³/mol. The lowest BCUT2D eigenvalue weighted by atomic mass is 10.2. The van der Waals surface area contributed by atoms with Gasteiger partial charge in [-0.2, -0.15) is 23.5 Å². The van der Waals surface area contributed by atoms with E-state index in [4.69, 9.17) is 0 Å². The molecule has 0 spiro atoms. The van der Waals surface area contributed by atoms with Gasteiger partial charge in [-0.15, -0.1) is 11.3 Å². The number of benzene rings is 2. The summed E-state index contributed by atoms with van der Waals surface area (Å²) < 4.78 is 51.2. The van der Waals surface area contributed by atoms with Crippen LogP contribution >= 0.6 is 11.3 Å². The number of alkyl halides is 3. The monoisotopic (exact) mass is 390 g/mol. The fraction of sp³-hybridized carbons (Fsp3) is 0.0556. The van der Waals surface area contributed by atoms with Crippen molar-refractivity contribution < 1.29 is 17.6 Å². The van der Waals surface area contributed by atoms with Gasteiger partial charge in [-0.05, 0) is 42.5 Å². The van der Waals surface area contributed by atoms with Gasteiger partial charge in [-0.1, -0.05) is 6.07 Å². The number of halogens is 4. The summed E-state index contributed by atoms with van der Waals surface area (Å²) in [5, 5.41) is 15.1. The fourth-order valence-corrected chi connectivity index (χ4v) is 2.91. The summed E-state index contributed by atoms with van der Waals surface area (Å²) in [5.41, 5.74) is 2.84. The summed E-state index contributed by atoms with van der Waals surface area (Å²) in [6.45, 7) is 0. The SMILES string of the molecule is N#C/C(=N/Nc1cccc(C(F)(F)F)c1)c1nc(-c2ccc(F)cc2)cs1. The van der Waals surface area contributed by atoms with Crippen molar-refractivity contribution in [1.82, 2.24) is 4.98 Å². The van der Waals surface area contributed by atoms with Crippen LogP contribution in [0.5, 0.6) is 0 Å². The third kappa shape index (κ3) is 4.48. The summed E-state index contributed by atoms with van der Waals surface area (Å²) in [6, 6.07) is 12.0. The van der Waals surface area contributed by atoms with E-state index in [1.165, 1.54) is 24.3 Å². The summed E-state index contributed by atoms with van der Waals surface area (Å²) in [7, 11) is 0. The van der Waals surface area contributed by atoms with Crippen LogP contribution in [-0.4, -0.2) is 10.7 Å². The van der Waals surface area contributed by atoms with E-state index in [2.05, 4.69) is 15.5 Å². The maximum Gasteiger partial charge on any atom is 0.416 e. The summed E-state index contributed by atoms with van der Waals surface area (Å²) in [5.74, 6) is -0.376. The van der Waals surface area contributed by atoms with Crippen molar-refractivity contribution in [3.8, 4) is 17.3 Å². The molecule has 0 unspecified atom stereocenters. The standard InChI is InChI=1S/C18H10F4N4S/c19-13-6-4-11(5-7-13)16-10-27-17(24-16)15(9-23)26-25-14-3-1-2-12(8-14)18(20,21)22/h1-8,10,25H/b26-15-. The molecular weight excluding hydrogens is 380 g/mol. The minimum Gasteiger partial charge on any atom is -0.277 e. The van der Waals surface area contributed by atoms with Gasteiger partial charge < -0.3 is 0 Å². The Labute approximate surface area is 155 Å². The Morgan fingerprint density at radius 3 is 2.56 bits per heavy atom. The highest BCUT2D eigenvalue weighted by Gasteiger charge is 2.30. The topological polar surface area (TPSA) is 61.1 Å². The second-order valence-corrected chi connectivity index (χ2v) is 6.17. The van der Waals surface area contributed by atoms with Gasteiger partial charge >= 0.3 is 6.18 Å². The zero-order valence-electron chi connectivity index (χ0n) is 13.5. The average Bonchev–Trinajstić information content (AvgIpc) is 3.12. The smallest absolute Gasteiger partial charge is 0.277 e. The summed E-state index contributed by atoms with van der Waals surface area (Å²) >= 11 is 1.15. The highest BCUT2D eigenvalue weighted by molar-refractivity contribution is 7.12. The number of nitrogens with zero attached hydrogens (tertiary/aromatic N) is 3. The Balaban J connectivity index is 1.82. The van der Waals surface area contributed by atoms with Crippen molar-refractivity contribution in [3.63, 3.8) is 0 Å². The van der Waals surface area contributed by atoms with E-state index in [0.717, 1.165) is 23.5 Å². The molecule has 27 heavy (non-hydrogen) atoms. The molecule has 136 valence electrons. The van der Waals surface area contributed by atoms with Gasteiger partial charge in [0.05, 0.1) is 16.9 Å². The molecule has 0 saturated heterocycles. The van der Waals surface area contributed by atoms with E-state index in [0.29, 0.717) is 11.3 Å². The Hall–Kier alpha value is -3.25. The van der Waals surface area contributed by atoms with E-state index < -0.39 is 11.7 Å². The number of aromatic nitrogens is 1. The van der Waals surface area contributed by atoms with Crippen LogP contribution in [-0.2, 0) is 6.18 Å². The van der Waals surface area contributed by atoms with E-state index in [1.807, 2.05) is 6.07 Å². The van der Waals surface area contributed by atoms with Crippen LogP contribution in [0.2, 0.25) is 0 Å². The van der Waals surface area contributed by atoms with Crippen molar-refractivity contribution in [2.45, 2.75) is 6.18 Å². The molecule has 9 heteroatoms. The number of hydrazone groups is 1. The molecule has 0 aliphatic heterocycles. The lowest BCUT2D eigenvalue weighted by molar-refractivity contribution is -0.137. The van der Waals surface area contributed by atoms with Crippen LogP contribution in [0.1, 0.15) is 10.6 Å². The number of hydrogen-bond donors (Lipinski definition) is 1. The molecule has 0 amide bonds. The molecule has 0 aliphatic carbocycles. The normalized spacial score (nSPS) is 11.9. The number of rotatable bonds is 4. The van der Waals surface area contributed by atoms with Crippen LogP contribution < -0.4 is 5.43 Å². The molecule has 0 aliphatic rings. The van der Waals surface area contributed by atoms with Crippen LogP contribution in [0.15, 0.2) is 59.0 Å².